The van der Waals surface area contributed by atoms with Crippen molar-refractivity contribution in [1.29, 1.82) is 0 Å². The lowest BCUT2D eigenvalue weighted by atomic mass is 10.1. The van der Waals surface area contributed by atoms with E-state index < -0.39 is 0 Å². The highest BCUT2D eigenvalue weighted by Gasteiger charge is 1.97. The Labute approximate surface area is 112 Å². The average molecular weight is 253 g/mol. The van der Waals surface area contributed by atoms with Crippen LogP contribution in [0.15, 0.2) is 58.8 Å². The van der Waals surface area contributed by atoms with Gasteiger partial charge in [0.1, 0.15) is 5.78 Å². The third-order valence-electron chi connectivity index (χ3n) is 2.56. The third kappa shape index (κ3) is 4.03. The molecule has 2 aromatic carbocycles. The fourth-order valence-corrected chi connectivity index (χ4v) is 1.62. The molecule has 0 aromatic heterocycles. The molecule has 0 unspecified atom stereocenters. The molecule has 0 spiro atoms. The molecule has 0 amide bonds. The molecule has 0 saturated carbocycles. The van der Waals surface area contributed by atoms with Crippen LogP contribution in [0.4, 0.5) is 17.1 Å². The van der Waals surface area contributed by atoms with Crippen molar-refractivity contribution in [2.75, 3.05) is 5.73 Å². The minimum atomic E-state index is 0.149. The molecule has 4 nitrogen and oxygen atoms in total. The van der Waals surface area contributed by atoms with E-state index in [0.717, 1.165) is 16.9 Å². The number of ketones is 1. The normalized spacial score (nSPS) is 10.8. The molecule has 0 heterocycles. The molecule has 2 aromatic rings. The first-order valence-corrected chi connectivity index (χ1v) is 5.99. The standard InChI is InChI=1S/C15H15N3O/c1-11(19)10-12-2-6-14(7-3-12)17-18-15-8-4-13(16)5-9-15/h2-9H,10,16H2,1H3. The molecule has 0 bridgehead atoms. The van der Waals surface area contributed by atoms with Crippen LogP contribution in [0.5, 0.6) is 0 Å². The summed E-state index contributed by atoms with van der Waals surface area (Å²) in [6.45, 7) is 1.58. The van der Waals surface area contributed by atoms with Crippen LogP contribution < -0.4 is 5.73 Å². The Morgan fingerprint density at radius 1 is 0.947 bits per heavy atom. The zero-order valence-corrected chi connectivity index (χ0v) is 10.7. The van der Waals surface area contributed by atoms with E-state index in [1.165, 1.54) is 0 Å². The number of carbonyl (C=O) groups is 1. The van der Waals surface area contributed by atoms with Gasteiger partial charge in [-0.05, 0) is 48.9 Å². The van der Waals surface area contributed by atoms with Crippen LogP contribution in [-0.2, 0) is 11.2 Å². The number of nitrogens with two attached hydrogens (primary N) is 1. The minimum Gasteiger partial charge on any atom is -0.399 e. The van der Waals surface area contributed by atoms with Gasteiger partial charge in [-0.25, -0.2) is 0 Å². The second-order valence-corrected chi connectivity index (χ2v) is 4.34. The van der Waals surface area contributed by atoms with Crippen LogP contribution in [0.3, 0.4) is 0 Å². The highest BCUT2D eigenvalue weighted by molar-refractivity contribution is 5.78. The van der Waals surface area contributed by atoms with Gasteiger partial charge in [0, 0.05) is 12.1 Å². The van der Waals surface area contributed by atoms with E-state index in [1.54, 1.807) is 19.1 Å². The Bertz CT molecular complexity index is 586. The fourth-order valence-electron chi connectivity index (χ4n) is 1.62. The Morgan fingerprint density at radius 3 is 1.89 bits per heavy atom. The quantitative estimate of drug-likeness (QED) is 0.664. The molecule has 0 atom stereocenters. The van der Waals surface area contributed by atoms with E-state index in [1.807, 2.05) is 36.4 Å². The van der Waals surface area contributed by atoms with E-state index in [4.69, 9.17) is 5.73 Å². The molecule has 4 heteroatoms. The summed E-state index contributed by atoms with van der Waals surface area (Å²) < 4.78 is 0. The van der Waals surface area contributed by atoms with Gasteiger partial charge in [-0.3, -0.25) is 4.79 Å². The van der Waals surface area contributed by atoms with Gasteiger partial charge in [0.2, 0.25) is 0 Å². The number of carbonyl (C=O) groups excluding carboxylic acids is 1. The highest BCUT2D eigenvalue weighted by atomic mass is 16.1. The van der Waals surface area contributed by atoms with E-state index in [0.29, 0.717) is 12.1 Å². The van der Waals surface area contributed by atoms with Crippen LogP contribution in [0.1, 0.15) is 12.5 Å². The molecule has 19 heavy (non-hydrogen) atoms. The average Bonchev–Trinajstić information content (AvgIpc) is 2.39. The molecule has 0 radical (unpaired) electrons. The Balaban J connectivity index is 2.06. The van der Waals surface area contributed by atoms with Gasteiger partial charge in [0.25, 0.3) is 0 Å². The van der Waals surface area contributed by atoms with Crippen LogP contribution in [-0.4, -0.2) is 5.78 Å². The second-order valence-electron chi connectivity index (χ2n) is 4.34. The first-order valence-electron chi connectivity index (χ1n) is 5.99. The Hall–Kier alpha value is -2.49. The summed E-state index contributed by atoms with van der Waals surface area (Å²) >= 11 is 0. The van der Waals surface area contributed by atoms with Crippen molar-refractivity contribution in [2.24, 2.45) is 10.2 Å². The summed E-state index contributed by atoms with van der Waals surface area (Å²) in [5.41, 5.74) is 8.78. The predicted molar refractivity (Wildman–Crippen MR) is 75.9 cm³/mol. The summed E-state index contributed by atoms with van der Waals surface area (Å²) in [6.07, 6.45) is 0.454. The van der Waals surface area contributed by atoms with Gasteiger partial charge in [-0.2, -0.15) is 10.2 Å². The van der Waals surface area contributed by atoms with Gasteiger partial charge in [-0.15, -0.1) is 0 Å². The van der Waals surface area contributed by atoms with Crippen molar-refractivity contribution in [3.63, 3.8) is 0 Å². The second kappa shape index (κ2) is 5.91. The van der Waals surface area contributed by atoms with E-state index in [9.17, 15) is 4.79 Å². The van der Waals surface area contributed by atoms with E-state index in [2.05, 4.69) is 10.2 Å². The zero-order chi connectivity index (χ0) is 13.7. The number of Topliss-reactive ketones (excluding diaryl/α,β-unsaturated/α-hetero) is 1. The highest BCUT2D eigenvalue weighted by Crippen LogP contribution is 2.19. The van der Waals surface area contributed by atoms with Crippen LogP contribution in [0.2, 0.25) is 0 Å². The van der Waals surface area contributed by atoms with Crippen LogP contribution >= 0.6 is 0 Å². The maximum absolute atomic E-state index is 11.0. The lowest BCUT2D eigenvalue weighted by Gasteiger charge is -1.98. The minimum absolute atomic E-state index is 0.149. The van der Waals surface area contributed by atoms with Gasteiger partial charge < -0.3 is 5.73 Å². The summed E-state index contributed by atoms with van der Waals surface area (Å²) in [7, 11) is 0. The number of nitrogen functional groups attached to an aromatic ring is 1. The molecule has 2 rings (SSSR count). The van der Waals surface area contributed by atoms with Crippen molar-refractivity contribution >= 4 is 22.8 Å². The number of benzene rings is 2. The number of hydrogen-bond donors (Lipinski definition) is 1. The van der Waals surface area contributed by atoms with Crippen molar-refractivity contribution in [1.82, 2.24) is 0 Å². The molecular formula is C15H15N3O. The molecule has 0 aliphatic rings. The van der Waals surface area contributed by atoms with E-state index >= 15 is 0 Å². The molecule has 2 N–H and O–H groups in total. The zero-order valence-electron chi connectivity index (χ0n) is 10.7. The summed E-state index contributed by atoms with van der Waals surface area (Å²) in [4.78, 5) is 11.0. The number of anilines is 1. The Kier molecular flexibility index (Phi) is 4.03. The first-order chi connectivity index (χ1) is 9.13. The predicted octanol–water partition coefficient (Wildman–Crippen LogP) is 3.82. The summed E-state index contributed by atoms with van der Waals surface area (Å²) in [5.74, 6) is 0.149. The van der Waals surface area contributed by atoms with Crippen LogP contribution in [0.25, 0.3) is 0 Å². The maximum atomic E-state index is 11.0. The van der Waals surface area contributed by atoms with Crippen molar-refractivity contribution < 1.29 is 4.79 Å². The van der Waals surface area contributed by atoms with Gasteiger partial charge in [0.15, 0.2) is 0 Å². The molecule has 0 fully saturated rings. The number of hydrogen-bond acceptors (Lipinski definition) is 4. The maximum Gasteiger partial charge on any atom is 0.134 e. The first kappa shape index (κ1) is 13.0. The van der Waals surface area contributed by atoms with Crippen molar-refractivity contribution in [2.45, 2.75) is 13.3 Å². The topological polar surface area (TPSA) is 67.8 Å². The fraction of sp³-hybridized carbons (Fsp3) is 0.133. The smallest absolute Gasteiger partial charge is 0.134 e. The lowest BCUT2D eigenvalue weighted by Crippen LogP contribution is -1.94. The van der Waals surface area contributed by atoms with Crippen molar-refractivity contribution in [3.8, 4) is 0 Å². The monoisotopic (exact) mass is 253 g/mol. The molecular weight excluding hydrogens is 238 g/mol. The Morgan fingerprint density at radius 2 is 1.42 bits per heavy atom. The molecule has 0 saturated heterocycles. The SMILES string of the molecule is CC(=O)Cc1ccc(N=Nc2ccc(N)cc2)cc1. The van der Waals surface area contributed by atoms with Gasteiger partial charge >= 0.3 is 0 Å². The number of azo groups is 1. The van der Waals surface area contributed by atoms with Gasteiger partial charge in [0.05, 0.1) is 11.4 Å². The molecule has 96 valence electrons. The largest absolute Gasteiger partial charge is 0.399 e. The van der Waals surface area contributed by atoms with Crippen LogP contribution in [0, 0.1) is 0 Å². The summed E-state index contributed by atoms with van der Waals surface area (Å²) in [5, 5.41) is 8.24. The molecule has 0 aliphatic carbocycles. The lowest BCUT2D eigenvalue weighted by molar-refractivity contribution is -0.116. The van der Waals surface area contributed by atoms with Crippen molar-refractivity contribution in [3.05, 3.63) is 54.1 Å². The third-order valence-corrected chi connectivity index (χ3v) is 2.56. The van der Waals surface area contributed by atoms with Gasteiger partial charge in [-0.1, -0.05) is 12.1 Å². The summed E-state index contributed by atoms with van der Waals surface area (Å²) in [6, 6.07) is 14.6. The van der Waals surface area contributed by atoms with E-state index in [-0.39, 0.29) is 5.78 Å². The molecule has 0 aliphatic heterocycles. The number of rotatable bonds is 4. The number of nitrogens with zero attached hydrogens (tertiary/aromatic N) is 2.